The molecule has 2 rings (SSSR count). The van der Waals surface area contributed by atoms with Crippen molar-refractivity contribution >= 4 is 7.69 Å². The van der Waals surface area contributed by atoms with Gasteiger partial charge in [0.2, 0.25) is 0 Å². The fraction of sp³-hybridized carbons (Fsp3) is 0.368. The predicted octanol–water partition coefficient (Wildman–Crippen LogP) is 2.95. The smallest absolute Gasteiger partial charge is 0.432 e. The Kier molecular flexibility index (Phi) is 7.48. The van der Waals surface area contributed by atoms with Gasteiger partial charge < -0.3 is 24.6 Å². The molecule has 0 bridgehead atoms. The molecule has 3 N–H and O–H groups in total. The van der Waals surface area contributed by atoms with Crippen LogP contribution in [0.3, 0.4) is 0 Å². The summed E-state index contributed by atoms with van der Waals surface area (Å²) in [6.45, 7) is 9.19. The minimum atomic E-state index is -0.984. The summed E-state index contributed by atoms with van der Waals surface area (Å²) in [7, 11) is -0.750. The Labute approximate surface area is 150 Å². The van der Waals surface area contributed by atoms with Crippen molar-refractivity contribution in [2.75, 3.05) is 0 Å². The third kappa shape index (κ3) is 6.42. The molecule has 0 spiro atoms. The monoisotopic (exact) mass is 346 g/mol. The zero-order chi connectivity index (χ0) is 19.1. The topological polar surface area (TPSA) is 79.2 Å². The average molecular weight is 346 g/mol. The Hall–Kier alpha value is -2.02. The zero-order valence-electron chi connectivity index (χ0n) is 15.5. The lowest BCUT2D eigenvalue weighted by Crippen LogP contribution is -2.49. The number of benzene rings is 2. The highest BCUT2D eigenvalue weighted by atomic mass is 16.5. The average Bonchev–Trinajstić information content (AvgIpc) is 2.50. The lowest BCUT2D eigenvalue weighted by Gasteiger charge is -2.37. The number of para-hydroxylation sites is 1. The second kappa shape index (κ2) is 8.90. The van der Waals surface area contributed by atoms with Crippen LogP contribution in [0.4, 0.5) is 0 Å². The van der Waals surface area contributed by atoms with Crippen molar-refractivity contribution < 1.29 is 24.6 Å². The van der Waals surface area contributed by atoms with Crippen molar-refractivity contribution in [1.82, 2.24) is 0 Å². The molecule has 0 aliphatic carbocycles. The van der Waals surface area contributed by atoms with Gasteiger partial charge in [-0.05, 0) is 64.4 Å². The number of aliphatic hydroxyl groups is 1. The van der Waals surface area contributed by atoms with E-state index in [4.69, 9.17) is 19.5 Å². The van der Waals surface area contributed by atoms with Crippen LogP contribution >= 0.6 is 0 Å². The van der Waals surface area contributed by atoms with Gasteiger partial charge in [-0.15, -0.1) is 0 Å². The largest absolute Gasteiger partial charge is 0.481 e. The van der Waals surface area contributed by atoms with Gasteiger partial charge in [-0.2, -0.15) is 0 Å². The summed E-state index contributed by atoms with van der Waals surface area (Å²) in [6, 6.07) is 15.4. The van der Waals surface area contributed by atoms with Crippen molar-refractivity contribution in [3.05, 3.63) is 54.1 Å². The molecule has 0 saturated carbocycles. The fourth-order valence-electron chi connectivity index (χ4n) is 1.79. The minimum absolute atomic E-state index is 0.613. The molecule has 2 aromatic carbocycles. The number of hydrogen-bond acceptors (Lipinski definition) is 5. The Bertz CT molecular complexity index is 651. The van der Waals surface area contributed by atoms with Crippen molar-refractivity contribution in [3.63, 3.8) is 0 Å². The maximum absolute atomic E-state index is 10.3. The highest BCUT2D eigenvalue weighted by Crippen LogP contribution is 2.37. The molecule has 0 unspecified atom stereocenters. The van der Waals surface area contributed by atoms with Crippen LogP contribution in [0.1, 0.15) is 33.3 Å². The molecule has 0 fully saturated rings. The zero-order valence-corrected chi connectivity index (χ0v) is 15.5. The first-order valence-electron chi connectivity index (χ1n) is 8.07. The van der Waals surface area contributed by atoms with Crippen molar-refractivity contribution in [2.45, 2.75) is 45.8 Å². The third-order valence-electron chi connectivity index (χ3n) is 3.91. The van der Waals surface area contributed by atoms with Crippen molar-refractivity contribution in [3.8, 4) is 17.2 Å². The van der Waals surface area contributed by atoms with E-state index in [1.54, 1.807) is 13.8 Å². The number of aryl methyl sites for hydroxylation is 1. The number of hydrogen-bond donors (Lipinski definition) is 3. The van der Waals surface area contributed by atoms with Gasteiger partial charge >= 0.3 is 7.69 Å². The van der Waals surface area contributed by atoms with E-state index in [1.807, 2.05) is 69.3 Å². The molecule has 0 radical (unpaired) electrons. The molecule has 0 amide bonds. The van der Waals surface area contributed by atoms with Gasteiger partial charge in [0, 0.05) is 0 Å². The molecule has 0 atom stereocenters. The van der Waals surface area contributed by atoms with Gasteiger partial charge in [-0.1, -0.05) is 24.3 Å². The maximum atomic E-state index is 10.3. The molecule has 2 aromatic rings. The molecule has 0 aromatic heterocycles. The SMILES string of the molecule is Cc1ccc(OC(C)(C)C(C)(C)O)c(Oc2ccccc2)c1.OBO. The Morgan fingerprint density at radius 3 is 1.96 bits per heavy atom. The minimum Gasteiger partial charge on any atom is -0.481 e. The van der Waals surface area contributed by atoms with Crippen molar-refractivity contribution in [1.29, 1.82) is 0 Å². The summed E-state index contributed by atoms with van der Waals surface area (Å²) < 4.78 is 12.0. The van der Waals surface area contributed by atoms with Crippen LogP contribution in [0, 0.1) is 6.92 Å². The van der Waals surface area contributed by atoms with E-state index < -0.39 is 18.9 Å². The first-order valence-corrected chi connectivity index (χ1v) is 8.07. The predicted molar refractivity (Wildman–Crippen MR) is 100 cm³/mol. The first kappa shape index (κ1) is 21.0. The normalized spacial score (nSPS) is 11.2. The maximum Gasteiger partial charge on any atom is 0.432 e. The quantitative estimate of drug-likeness (QED) is 0.726. The van der Waals surface area contributed by atoms with Crippen LogP contribution in [-0.4, -0.2) is 34.0 Å². The standard InChI is InChI=1S/C19H24O3.BH3O2/c1-14-11-12-16(22-19(4,5)18(2,3)20)17(13-14)21-15-9-7-6-8-10-15;2-1-3/h6-13,20H,1-5H3;1-3H. The Morgan fingerprint density at radius 1 is 0.880 bits per heavy atom. The third-order valence-corrected chi connectivity index (χ3v) is 3.91. The fourth-order valence-corrected chi connectivity index (χ4v) is 1.79. The second-order valence-corrected chi connectivity index (χ2v) is 6.68. The van der Waals surface area contributed by atoms with Crippen LogP contribution in [0.15, 0.2) is 48.5 Å². The summed E-state index contributed by atoms with van der Waals surface area (Å²) >= 11 is 0. The highest BCUT2D eigenvalue weighted by molar-refractivity contribution is 6.13. The van der Waals surface area contributed by atoms with Gasteiger partial charge in [-0.25, -0.2) is 0 Å². The summed E-state index contributed by atoms with van der Waals surface area (Å²) in [6.07, 6.45) is 0. The van der Waals surface area contributed by atoms with Crippen LogP contribution in [0.2, 0.25) is 0 Å². The van der Waals surface area contributed by atoms with E-state index >= 15 is 0 Å². The first-order chi connectivity index (χ1) is 11.6. The summed E-state index contributed by atoms with van der Waals surface area (Å²) in [5.41, 5.74) is -0.654. The molecule has 0 aliphatic heterocycles. The molecule has 5 nitrogen and oxygen atoms in total. The van der Waals surface area contributed by atoms with Crippen LogP contribution in [-0.2, 0) is 0 Å². The molecule has 0 aliphatic rings. The van der Waals surface area contributed by atoms with E-state index in [1.165, 1.54) is 0 Å². The van der Waals surface area contributed by atoms with E-state index in [0.29, 0.717) is 11.5 Å². The van der Waals surface area contributed by atoms with Gasteiger partial charge in [0.15, 0.2) is 11.5 Å². The summed E-state index contributed by atoms with van der Waals surface area (Å²) in [5.74, 6) is 2.00. The summed E-state index contributed by atoms with van der Waals surface area (Å²) in [5, 5.41) is 24.5. The highest BCUT2D eigenvalue weighted by Gasteiger charge is 2.38. The molecule has 136 valence electrons. The lowest BCUT2D eigenvalue weighted by atomic mass is 9.89. The molecular formula is C19H27BO5. The molecular weight excluding hydrogens is 319 g/mol. The van der Waals surface area contributed by atoms with E-state index in [-0.39, 0.29) is 0 Å². The van der Waals surface area contributed by atoms with Crippen LogP contribution in [0.25, 0.3) is 0 Å². The van der Waals surface area contributed by atoms with Gasteiger partial charge in [0.1, 0.15) is 11.4 Å². The molecule has 0 heterocycles. The van der Waals surface area contributed by atoms with E-state index in [9.17, 15) is 5.11 Å². The molecule has 25 heavy (non-hydrogen) atoms. The van der Waals surface area contributed by atoms with Gasteiger partial charge in [0.25, 0.3) is 0 Å². The van der Waals surface area contributed by atoms with E-state index in [0.717, 1.165) is 11.3 Å². The van der Waals surface area contributed by atoms with Crippen LogP contribution < -0.4 is 9.47 Å². The van der Waals surface area contributed by atoms with Gasteiger partial charge in [-0.3, -0.25) is 0 Å². The van der Waals surface area contributed by atoms with Crippen LogP contribution in [0.5, 0.6) is 17.2 Å². The number of rotatable bonds is 5. The second-order valence-electron chi connectivity index (χ2n) is 6.68. The molecule has 0 saturated heterocycles. The van der Waals surface area contributed by atoms with Crippen molar-refractivity contribution in [2.24, 2.45) is 0 Å². The number of ether oxygens (including phenoxy) is 2. The molecule has 6 heteroatoms. The van der Waals surface area contributed by atoms with Gasteiger partial charge in [0.05, 0.1) is 5.60 Å². The Balaban J connectivity index is 0.000000970. The Morgan fingerprint density at radius 2 is 1.44 bits per heavy atom. The summed E-state index contributed by atoms with van der Waals surface area (Å²) in [4.78, 5) is 0. The lowest BCUT2D eigenvalue weighted by molar-refractivity contribution is -0.0912. The van der Waals surface area contributed by atoms with E-state index in [2.05, 4.69) is 0 Å².